The first-order chi connectivity index (χ1) is 15.8. The van der Waals surface area contributed by atoms with Crippen LogP contribution in [0.3, 0.4) is 0 Å². The molecule has 0 aliphatic heterocycles. The van der Waals surface area contributed by atoms with Gasteiger partial charge in [0.05, 0.1) is 17.4 Å². The van der Waals surface area contributed by atoms with Crippen LogP contribution < -0.4 is 0 Å². The minimum absolute atomic E-state index is 0.417. The molecule has 5 fully saturated rings. The van der Waals surface area contributed by atoms with Crippen LogP contribution in [0.15, 0.2) is 12.4 Å². The van der Waals surface area contributed by atoms with E-state index in [0.29, 0.717) is 16.9 Å². The normalized spacial score (nSPS) is 47.8. The molecule has 1 aromatic heterocycles. The number of rotatable bonds is 4. The molecule has 1 aromatic rings. The van der Waals surface area contributed by atoms with E-state index in [9.17, 15) is 10.4 Å². The predicted octanol–water partition coefficient (Wildman–Crippen LogP) is 6.05. The lowest BCUT2D eigenvalue weighted by molar-refractivity contribution is -0.110. The Kier molecular flexibility index (Phi) is 5.26. The lowest BCUT2D eigenvalue weighted by Gasteiger charge is -2.58. The zero-order chi connectivity index (χ0) is 23.0. The molecule has 1 heterocycles. The number of aromatic nitrogens is 2. The zero-order valence-corrected chi connectivity index (χ0v) is 20.9. The lowest BCUT2D eigenvalue weighted by Crippen LogP contribution is -2.52. The van der Waals surface area contributed by atoms with Gasteiger partial charge in [-0.1, -0.05) is 13.8 Å². The number of hydrogen-bond donors (Lipinski definition) is 1. The molecule has 0 aromatic carbocycles. The molecule has 0 bridgehead atoms. The molecule has 180 valence electrons. The van der Waals surface area contributed by atoms with Gasteiger partial charge in [-0.25, -0.2) is 0 Å². The molecule has 5 saturated carbocycles. The molecule has 6 rings (SSSR count). The Hall–Kier alpha value is -1.34. The standard InChI is InChI=1S/C29H43N3O/c1-18(16-32-17-19(14-30)15-31-32)26-12-25(20-4-5-20)27-24-7-6-21-13-28(2,33)10-8-22(21)23(24)9-11-29(26,27)3/h15,17-18,20-27,33H,4-13,16H2,1-3H3/t18-,21+,22-,23+,24+,25?,26+,27+,28+,29+/m0/s1. The highest BCUT2D eigenvalue weighted by Crippen LogP contribution is 2.70. The van der Waals surface area contributed by atoms with Crippen LogP contribution >= 0.6 is 0 Å². The molecule has 0 radical (unpaired) electrons. The number of hydrogen-bond acceptors (Lipinski definition) is 3. The van der Waals surface area contributed by atoms with Crippen LogP contribution in [0.5, 0.6) is 0 Å². The summed E-state index contributed by atoms with van der Waals surface area (Å²) in [4.78, 5) is 0. The van der Waals surface area contributed by atoms with Crippen molar-refractivity contribution in [3.8, 4) is 6.07 Å². The van der Waals surface area contributed by atoms with Crippen molar-refractivity contribution in [1.82, 2.24) is 9.78 Å². The van der Waals surface area contributed by atoms with Crippen LogP contribution in [-0.4, -0.2) is 20.5 Å². The van der Waals surface area contributed by atoms with E-state index < -0.39 is 5.60 Å². The maximum absolute atomic E-state index is 10.7. The van der Waals surface area contributed by atoms with E-state index in [4.69, 9.17) is 0 Å². The summed E-state index contributed by atoms with van der Waals surface area (Å²) in [5, 5.41) is 24.4. The van der Waals surface area contributed by atoms with Crippen LogP contribution in [0, 0.1) is 70.0 Å². The first kappa shape index (κ1) is 22.1. The summed E-state index contributed by atoms with van der Waals surface area (Å²) >= 11 is 0. The first-order valence-electron chi connectivity index (χ1n) is 13.9. The van der Waals surface area contributed by atoms with Gasteiger partial charge in [-0.15, -0.1) is 0 Å². The molecule has 5 aliphatic rings. The highest BCUT2D eigenvalue weighted by molar-refractivity contribution is 5.21. The topological polar surface area (TPSA) is 61.8 Å². The average molecular weight is 450 g/mol. The van der Waals surface area contributed by atoms with Gasteiger partial charge in [0, 0.05) is 12.7 Å². The Morgan fingerprint density at radius 2 is 1.82 bits per heavy atom. The van der Waals surface area contributed by atoms with Crippen molar-refractivity contribution in [2.45, 2.75) is 97.1 Å². The summed E-state index contributed by atoms with van der Waals surface area (Å²) < 4.78 is 2.02. The molecule has 0 spiro atoms. The largest absolute Gasteiger partial charge is 0.390 e. The predicted molar refractivity (Wildman–Crippen MR) is 129 cm³/mol. The molecular formula is C29H43N3O. The Morgan fingerprint density at radius 3 is 2.55 bits per heavy atom. The second kappa shape index (κ2) is 7.84. The van der Waals surface area contributed by atoms with Crippen molar-refractivity contribution in [3.63, 3.8) is 0 Å². The fourth-order valence-corrected chi connectivity index (χ4v) is 10.1. The third-order valence-corrected chi connectivity index (χ3v) is 11.5. The summed E-state index contributed by atoms with van der Waals surface area (Å²) in [5.74, 6) is 7.69. The van der Waals surface area contributed by atoms with Gasteiger partial charge in [0.15, 0.2) is 0 Å². The van der Waals surface area contributed by atoms with Crippen LogP contribution in [0.4, 0.5) is 0 Å². The smallest absolute Gasteiger partial charge is 0.102 e. The van der Waals surface area contributed by atoms with Crippen molar-refractivity contribution >= 4 is 0 Å². The number of aliphatic hydroxyl groups is 1. The van der Waals surface area contributed by atoms with Crippen molar-refractivity contribution in [2.24, 2.45) is 58.7 Å². The molecule has 1 unspecified atom stereocenters. The molecule has 33 heavy (non-hydrogen) atoms. The van der Waals surface area contributed by atoms with Crippen LogP contribution in [0.25, 0.3) is 0 Å². The number of nitrogens with zero attached hydrogens (tertiary/aromatic N) is 3. The molecule has 5 aliphatic carbocycles. The van der Waals surface area contributed by atoms with Gasteiger partial charge < -0.3 is 5.11 Å². The lowest BCUT2D eigenvalue weighted by atomic mass is 9.47. The van der Waals surface area contributed by atoms with Gasteiger partial charge in [0.25, 0.3) is 0 Å². The molecule has 0 saturated heterocycles. The SMILES string of the molecule is C[C@@H](Cn1cc(C#N)cn1)[C@H]1CC(C2CC2)[C@H]2[C@@H]3CC[C@@H]4C[C@](C)(O)CC[C@@H]4[C@H]3CC[C@]12C. The Labute approximate surface area is 200 Å². The maximum Gasteiger partial charge on any atom is 0.102 e. The van der Waals surface area contributed by atoms with E-state index in [0.717, 1.165) is 66.7 Å². The molecule has 4 nitrogen and oxygen atoms in total. The number of fused-ring (bicyclic) bond motifs is 5. The van der Waals surface area contributed by atoms with E-state index in [-0.39, 0.29) is 0 Å². The summed E-state index contributed by atoms with van der Waals surface area (Å²) in [6, 6.07) is 2.23. The van der Waals surface area contributed by atoms with E-state index >= 15 is 0 Å². The van der Waals surface area contributed by atoms with E-state index in [1.807, 2.05) is 10.9 Å². The summed E-state index contributed by atoms with van der Waals surface area (Å²) in [6.07, 6.45) is 16.9. The van der Waals surface area contributed by atoms with E-state index in [2.05, 4.69) is 31.9 Å². The highest BCUT2D eigenvalue weighted by Gasteiger charge is 2.63. The van der Waals surface area contributed by atoms with Gasteiger partial charge in [0.2, 0.25) is 0 Å². The van der Waals surface area contributed by atoms with Crippen LogP contribution in [-0.2, 0) is 6.54 Å². The van der Waals surface area contributed by atoms with Gasteiger partial charge in [-0.2, -0.15) is 10.4 Å². The van der Waals surface area contributed by atoms with Gasteiger partial charge in [-0.3, -0.25) is 4.68 Å². The Morgan fingerprint density at radius 1 is 1.06 bits per heavy atom. The molecular weight excluding hydrogens is 406 g/mol. The minimum Gasteiger partial charge on any atom is -0.390 e. The van der Waals surface area contributed by atoms with Crippen molar-refractivity contribution in [1.29, 1.82) is 5.26 Å². The average Bonchev–Trinajstić information content (AvgIpc) is 3.43. The maximum atomic E-state index is 10.7. The summed E-state index contributed by atoms with van der Waals surface area (Å²) in [6.45, 7) is 8.17. The molecule has 4 heteroatoms. The second-order valence-corrected chi connectivity index (χ2v) is 13.5. The van der Waals surface area contributed by atoms with Gasteiger partial charge >= 0.3 is 0 Å². The van der Waals surface area contributed by atoms with Gasteiger partial charge in [-0.05, 0) is 130 Å². The highest BCUT2D eigenvalue weighted by atomic mass is 16.3. The third-order valence-electron chi connectivity index (χ3n) is 11.5. The third kappa shape index (κ3) is 3.69. The molecule has 10 atom stereocenters. The molecule has 1 N–H and O–H groups in total. The molecule has 0 amide bonds. The summed E-state index contributed by atoms with van der Waals surface area (Å²) in [7, 11) is 0. The van der Waals surface area contributed by atoms with Crippen molar-refractivity contribution in [2.75, 3.05) is 0 Å². The fraction of sp³-hybridized carbons (Fsp3) is 0.862. The quantitative estimate of drug-likeness (QED) is 0.609. The fourth-order valence-electron chi connectivity index (χ4n) is 10.1. The minimum atomic E-state index is -0.417. The monoisotopic (exact) mass is 449 g/mol. The van der Waals surface area contributed by atoms with Crippen LogP contribution in [0.2, 0.25) is 0 Å². The van der Waals surface area contributed by atoms with Crippen molar-refractivity contribution in [3.05, 3.63) is 18.0 Å². The van der Waals surface area contributed by atoms with Crippen LogP contribution in [0.1, 0.15) is 90.5 Å². The van der Waals surface area contributed by atoms with Crippen molar-refractivity contribution < 1.29 is 5.11 Å². The Bertz CT molecular complexity index is 926. The Balaban J connectivity index is 1.25. The summed E-state index contributed by atoms with van der Waals surface area (Å²) in [5.41, 5.74) is 0.725. The number of nitriles is 1. The zero-order valence-electron chi connectivity index (χ0n) is 20.9. The second-order valence-electron chi connectivity index (χ2n) is 13.5. The van der Waals surface area contributed by atoms with Gasteiger partial charge in [0.1, 0.15) is 6.07 Å². The first-order valence-corrected chi connectivity index (χ1v) is 13.9. The van der Waals surface area contributed by atoms with E-state index in [1.165, 1.54) is 51.4 Å². The van der Waals surface area contributed by atoms with E-state index in [1.54, 1.807) is 6.20 Å².